The molecule has 1 rings (SSSR count). The van der Waals surface area contributed by atoms with Gasteiger partial charge in [-0.05, 0) is 31.8 Å². The van der Waals surface area contributed by atoms with Gasteiger partial charge in [0, 0.05) is 26.2 Å². The molecule has 1 heterocycles. The Kier molecular flexibility index (Phi) is 9.81. The molecule has 18 heavy (non-hydrogen) atoms. The fraction of sp³-hybridized carbons (Fsp3) is 0.923. The van der Waals surface area contributed by atoms with Gasteiger partial charge in [0.2, 0.25) is 0 Å². The van der Waals surface area contributed by atoms with Gasteiger partial charge in [0.25, 0.3) is 0 Å². The second-order valence-electron chi connectivity index (χ2n) is 5.15. The summed E-state index contributed by atoms with van der Waals surface area (Å²) in [7, 11) is 1.84. The van der Waals surface area contributed by atoms with Crippen LogP contribution in [-0.4, -0.2) is 50.1 Å². The fourth-order valence-corrected chi connectivity index (χ4v) is 2.28. The van der Waals surface area contributed by atoms with Crippen LogP contribution in [0, 0.1) is 5.92 Å². The van der Waals surface area contributed by atoms with Crippen LogP contribution >= 0.6 is 24.0 Å². The van der Waals surface area contributed by atoms with E-state index in [9.17, 15) is 0 Å². The Morgan fingerprint density at radius 1 is 1.39 bits per heavy atom. The van der Waals surface area contributed by atoms with E-state index in [0.29, 0.717) is 12.0 Å². The minimum atomic E-state index is 0. The molecule has 0 amide bonds. The summed E-state index contributed by atoms with van der Waals surface area (Å²) in [6.45, 7) is 11.0. The zero-order valence-corrected chi connectivity index (χ0v) is 14.5. The zero-order valence-electron chi connectivity index (χ0n) is 12.2. The van der Waals surface area contributed by atoms with E-state index >= 15 is 0 Å². The molecule has 5 heteroatoms. The molecule has 0 aromatic heterocycles. The van der Waals surface area contributed by atoms with Crippen molar-refractivity contribution in [2.24, 2.45) is 10.9 Å². The molecule has 0 saturated carbocycles. The molecule has 4 nitrogen and oxygen atoms in total. The Bertz CT molecular complexity index is 243. The minimum absolute atomic E-state index is 0. The summed E-state index contributed by atoms with van der Waals surface area (Å²) in [6.07, 6.45) is 2.64. The lowest BCUT2D eigenvalue weighted by Crippen LogP contribution is -2.45. The monoisotopic (exact) mass is 368 g/mol. The summed E-state index contributed by atoms with van der Waals surface area (Å²) in [5.74, 6) is 1.58. The largest absolute Gasteiger partial charge is 0.356 e. The van der Waals surface area contributed by atoms with Gasteiger partial charge in [-0.3, -0.25) is 9.89 Å². The molecule has 1 unspecified atom stereocenters. The van der Waals surface area contributed by atoms with E-state index in [0.717, 1.165) is 25.6 Å². The number of aliphatic imine (C=N–C) groups is 1. The molecule has 1 saturated heterocycles. The second kappa shape index (κ2) is 9.83. The van der Waals surface area contributed by atoms with Gasteiger partial charge in [-0.25, -0.2) is 0 Å². The van der Waals surface area contributed by atoms with Crippen LogP contribution in [0.5, 0.6) is 0 Å². The van der Waals surface area contributed by atoms with E-state index in [1.807, 2.05) is 7.05 Å². The molecule has 0 aromatic rings. The third-order valence-corrected chi connectivity index (χ3v) is 3.31. The van der Waals surface area contributed by atoms with Crippen molar-refractivity contribution in [2.45, 2.75) is 39.7 Å². The maximum Gasteiger partial charge on any atom is 0.191 e. The third-order valence-electron chi connectivity index (χ3n) is 3.31. The second-order valence-corrected chi connectivity index (χ2v) is 5.15. The first-order valence-corrected chi connectivity index (χ1v) is 6.86. The van der Waals surface area contributed by atoms with Crippen LogP contribution < -0.4 is 10.6 Å². The Morgan fingerprint density at radius 3 is 2.67 bits per heavy atom. The molecule has 1 aliphatic heterocycles. The Hall–Kier alpha value is -0.0400. The van der Waals surface area contributed by atoms with Crippen molar-refractivity contribution < 1.29 is 0 Å². The lowest BCUT2D eigenvalue weighted by Gasteiger charge is -2.24. The number of nitrogens with zero attached hydrogens (tertiary/aromatic N) is 2. The average molecular weight is 368 g/mol. The van der Waals surface area contributed by atoms with E-state index in [1.54, 1.807) is 0 Å². The van der Waals surface area contributed by atoms with Gasteiger partial charge < -0.3 is 10.6 Å². The van der Waals surface area contributed by atoms with Gasteiger partial charge in [-0.2, -0.15) is 0 Å². The molecule has 1 fully saturated rings. The number of halogens is 1. The highest BCUT2D eigenvalue weighted by atomic mass is 127. The molecule has 0 spiro atoms. The SMILES string of the molecule is CCN1CCCC1CNC(=NC)NCC(C)C.I. The minimum Gasteiger partial charge on any atom is -0.356 e. The molecular formula is C13H29IN4. The summed E-state index contributed by atoms with van der Waals surface area (Å²) in [5, 5.41) is 6.77. The zero-order chi connectivity index (χ0) is 12.7. The summed E-state index contributed by atoms with van der Waals surface area (Å²) in [4.78, 5) is 6.79. The summed E-state index contributed by atoms with van der Waals surface area (Å²) < 4.78 is 0. The Labute approximate surface area is 129 Å². The van der Waals surface area contributed by atoms with Gasteiger partial charge in [0.15, 0.2) is 5.96 Å². The number of likely N-dealkylation sites (tertiary alicyclic amines) is 1. The number of hydrogen-bond acceptors (Lipinski definition) is 2. The number of likely N-dealkylation sites (N-methyl/N-ethyl adjacent to an activating group) is 1. The topological polar surface area (TPSA) is 39.7 Å². The van der Waals surface area contributed by atoms with Crippen LogP contribution in [0.25, 0.3) is 0 Å². The number of nitrogens with one attached hydrogen (secondary N) is 2. The lowest BCUT2D eigenvalue weighted by atomic mass is 10.2. The quantitative estimate of drug-likeness (QED) is 0.443. The smallest absolute Gasteiger partial charge is 0.191 e. The van der Waals surface area contributed by atoms with Gasteiger partial charge in [0.05, 0.1) is 0 Å². The first-order chi connectivity index (χ1) is 8.17. The van der Waals surface area contributed by atoms with Crippen molar-refractivity contribution in [3.8, 4) is 0 Å². The van der Waals surface area contributed by atoms with Crippen molar-refractivity contribution in [1.29, 1.82) is 0 Å². The summed E-state index contributed by atoms with van der Waals surface area (Å²) in [5.41, 5.74) is 0. The highest BCUT2D eigenvalue weighted by Gasteiger charge is 2.22. The van der Waals surface area contributed by atoms with E-state index in [4.69, 9.17) is 0 Å². The predicted octanol–water partition coefficient (Wildman–Crippen LogP) is 1.91. The maximum atomic E-state index is 4.25. The standard InChI is InChI=1S/C13H28N4.HI/c1-5-17-8-6-7-12(17)10-16-13(14-4)15-9-11(2)3;/h11-12H,5-10H2,1-4H3,(H2,14,15,16);1H. The van der Waals surface area contributed by atoms with Crippen LogP contribution in [0.15, 0.2) is 4.99 Å². The Balaban J connectivity index is 0.00000289. The molecule has 0 aromatic carbocycles. The predicted molar refractivity (Wildman–Crippen MR) is 89.9 cm³/mol. The summed E-state index contributed by atoms with van der Waals surface area (Å²) >= 11 is 0. The van der Waals surface area contributed by atoms with Gasteiger partial charge in [-0.15, -0.1) is 24.0 Å². The third kappa shape index (κ3) is 6.22. The number of hydrogen-bond donors (Lipinski definition) is 2. The lowest BCUT2D eigenvalue weighted by molar-refractivity contribution is 0.267. The van der Waals surface area contributed by atoms with Crippen LogP contribution in [0.3, 0.4) is 0 Å². The van der Waals surface area contributed by atoms with Crippen molar-refractivity contribution in [1.82, 2.24) is 15.5 Å². The van der Waals surface area contributed by atoms with Crippen molar-refractivity contribution in [2.75, 3.05) is 33.2 Å². The molecule has 1 atom stereocenters. The van der Waals surface area contributed by atoms with E-state index < -0.39 is 0 Å². The molecule has 0 bridgehead atoms. The maximum absolute atomic E-state index is 4.25. The highest BCUT2D eigenvalue weighted by molar-refractivity contribution is 14.0. The van der Waals surface area contributed by atoms with Crippen LogP contribution in [-0.2, 0) is 0 Å². The first-order valence-electron chi connectivity index (χ1n) is 6.86. The summed E-state index contributed by atoms with van der Waals surface area (Å²) in [6, 6.07) is 0.678. The van der Waals surface area contributed by atoms with E-state index in [-0.39, 0.29) is 24.0 Å². The average Bonchev–Trinajstić information content (AvgIpc) is 2.76. The van der Waals surface area contributed by atoms with Crippen LogP contribution in [0.1, 0.15) is 33.6 Å². The number of guanidine groups is 1. The van der Waals surface area contributed by atoms with E-state index in [1.165, 1.54) is 19.4 Å². The molecule has 0 radical (unpaired) electrons. The Morgan fingerprint density at radius 2 is 2.11 bits per heavy atom. The van der Waals surface area contributed by atoms with Crippen molar-refractivity contribution in [3.05, 3.63) is 0 Å². The van der Waals surface area contributed by atoms with Crippen molar-refractivity contribution in [3.63, 3.8) is 0 Å². The first kappa shape index (κ1) is 18.0. The van der Waals surface area contributed by atoms with Gasteiger partial charge >= 0.3 is 0 Å². The van der Waals surface area contributed by atoms with Crippen LogP contribution in [0.4, 0.5) is 0 Å². The van der Waals surface area contributed by atoms with Crippen LogP contribution in [0.2, 0.25) is 0 Å². The van der Waals surface area contributed by atoms with Gasteiger partial charge in [0.1, 0.15) is 0 Å². The molecule has 108 valence electrons. The van der Waals surface area contributed by atoms with Gasteiger partial charge in [-0.1, -0.05) is 20.8 Å². The normalized spacial score (nSPS) is 20.9. The number of rotatable bonds is 5. The van der Waals surface area contributed by atoms with E-state index in [2.05, 4.69) is 41.3 Å². The van der Waals surface area contributed by atoms with Crippen molar-refractivity contribution >= 4 is 29.9 Å². The molecule has 0 aliphatic carbocycles. The molecular weight excluding hydrogens is 339 g/mol. The molecule has 2 N–H and O–H groups in total. The molecule has 1 aliphatic rings. The fourth-order valence-electron chi connectivity index (χ4n) is 2.28. The highest BCUT2D eigenvalue weighted by Crippen LogP contribution is 2.15.